The van der Waals surface area contributed by atoms with Crippen molar-refractivity contribution in [1.82, 2.24) is 5.32 Å². The van der Waals surface area contributed by atoms with Crippen molar-refractivity contribution in [3.8, 4) is 0 Å². The lowest BCUT2D eigenvalue weighted by Crippen LogP contribution is -2.23. The highest BCUT2D eigenvalue weighted by Gasteiger charge is 2.06. The van der Waals surface area contributed by atoms with Crippen molar-refractivity contribution in [3.63, 3.8) is 0 Å². The van der Waals surface area contributed by atoms with Crippen molar-refractivity contribution < 1.29 is 9.53 Å². The molecule has 0 unspecified atom stereocenters. The van der Waals surface area contributed by atoms with Crippen molar-refractivity contribution in [3.05, 3.63) is 69.2 Å². The number of amides is 1. The summed E-state index contributed by atoms with van der Waals surface area (Å²) in [6, 6.07) is 13.6. The Bertz CT molecular complexity index is 704. The highest BCUT2D eigenvalue weighted by molar-refractivity contribution is 6.42. The predicted molar refractivity (Wildman–Crippen MR) is 103 cm³/mol. The Morgan fingerprint density at radius 1 is 1.08 bits per heavy atom. The molecule has 2 aromatic carbocycles. The molecule has 5 heteroatoms. The summed E-state index contributed by atoms with van der Waals surface area (Å²) < 4.78 is 5.47. The molecule has 0 saturated carbocycles. The number of hydrogen-bond donors (Lipinski definition) is 1. The van der Waals surface area contributed by atoms with Gasteiger partial charge in [0.25, 0.3) is 0 Å². The first-order valence-electron chi connectivity index (χ1n) is 8.45. The van der Waals surface area contributed by atoms with Gasteiger partial charge in [0.15, 0.2) is 0 Å². The number of benzene rings is 2. The van der Waals surface area contributed by atoms with Gasteiger partial charge in [0.2, 0.25) is 5.91 Å². The lowest BCUT2D eigenvalue weighted by atomic mass is 10.1. The van der Waals surface area contributed by atoms with Gasteiger partial charge in [-0.2, -0.15) is 0 Å². The number of hydrogen-bond acceptors (Lipinski definition) is 2. The molecular formula is C20H23Cl2NO2. The van der Waals surface area contributed by atoms with Crippen molar-refractivity contribution in [2.75, 3.05) is 6.61 Å². The number of halogens is 2. The van der Waals surface area contributed by atoms with E-state index in [0.717, 1.165) is 29.5 Å². The van der Waals surface area contributed by atoms with Crippen LogP contribution in [-0.2, 0) is 29.1 Å². The van der Waals surface area contributed by atoms with Crippen LogP contribution in [0.1, 0.15) is 36.5 Å². The molecule has 2 rings (SSSR count). The van der Waals surface area contributed by atoms with E-state index in [-0.39, 0.29) is 5.91 Å². The average Bonchev–Trinajstić information content (AvgIpc) is 2.62. The average molecular weight is 380 g/mol. The molecule has 2 aromatic rings. The van der Waals surface area contributed by atoms with Crippen LogP contribution in [0.5, 0.6) is 0 Å². The maximum Gasteiger partial charge on any atom is 0.220 e. The Morgan fingerprint density at radius 2 is 1.84 bits per heavy atom. The second kappa shape index (κ2) is 10.4. The highest BCUT2D eigenvalue weighted by Crippen LogP contribution is 2.23. The summed E-state index contributed by atoms with van der Waals surface area (Å²) in [6.45, 7) is 3.74. The molecule has 0 bridgehead atoms. The zero-order chi connectivity index (χ0) is 18.1. The van der Waals surface area contributed by atoms with Gasteiger partial charge in [-0.3, -0.25) is 4.79 Å². The zero-order valence-electron chi connectivity index (χ0n) is 14.4. The highest BCUT2D eigenvalue weighted by atomic mass is 35.5. The van der Waals surface area contributed by atoms with Crippen LogP contribution in [0.15, 0.2) is 42.5 Å². The zero-order valence-corrected chi connectivity index (χ0v) is 15.9. The quantitative estimate of drug-likeness (QED) is 0.652. The lowest BCUT2D eigenvalue weighted by molar-refractivity contribution is -0.121. The molecule has 134 valence electrons. The summed E-state index contributed by atoms with van der Waals surface area (Å²) in [4.78, 5) is 12.1. The molecular weight excluding hydrogens is 357 g/mol. The summed E-state index contributed by atoms with van der Waals surface area (Å²) in [5, 5.41) is 4.08. The van der Waals surface area contributed by atoms with Gasteiger partial charge in [0, 0.05) is 19.6 Å². The number of rotatable bonds is 9. The Labute approximate surface area is 159 Å². The first-order valence-corrected chi connectivity index (χ1v) is 9.21. The van der Waals surface area contributed by atoms with Crippen molar-refractivity contribution >= 4 is 29.1 Å². The summed E-state index contributed by atoms with van der Waals surface area (Å²) in [7, 11) is 0. The molecule has 0 fully saturated rings. The number of aryl methyl sites for hydroxylation is 1. The van der Waals surface area contributed by atoms with Gasteiger partial charge < -0.3 is 10.1 Å². The second-order valence-corrected chi connectivity index (χ2v) is 6.60. The van der Waals surface area contributed by atoms with Crippen LogP contribution in [0, 0.1) is 0 Å². The van der Waals surface area contributed by atoms with E-state index >= 15 is 0 Å². The van der Waals surface area contributed by atoms with E-state index in [1.165, 1.54) is 0 Å². The van der Waals surface area contributed by atoms with Gasteiger partial charge in [-0.05, 0) is 48.6 Å². The smallest absolute Gasteiger partial charge is 0.220 e. The molecule has 0 radical (unpaired) electrons. The first-order chi connectivity index (χ1) is 12.1. The van der Waals surface area contributed by atoms with E-state index in [1.54, 1.807) is 6.07 Å². The minimum absolute atomic E-state index is 0.0475. The Morgan fingerprint density at radius 3 is 2.56 bits per heavy atom. The molecule has 0 aliphatic carbocycles. The Kier molecular flexibility index (Phi) is 8.26. The van der Waals surface area contributed by atoms with Gasteiger partial charge in [-0.15, -0.1) is 0 Å². The van der Waals surface area contributed by atoms with Crippen LogP contribution < -0.4 is 5.32 Å². The summed E-state index contributed by atoms with van der Waals surface area (Å²) >= 11 is 11.9. The van der Waals surface area contributed by atoms with E-state index in [2.05, 4.69) is 5.32 Å². The van der Waals surface area contributed by atoms with E-state index in [1.807, 2.05) is 43.3 Å². The second-order valence-electron chi connectivity index (χ2n) is 5.78. The van der Waals surface area contributed by atoms with Crippen molar-refractivity contribution in [2.24, 2.45) is 0 Å². The molecule has 0 saturated heterocycles. The Balaban J connectivity index is 1.76. The lowest BCUT2D eigenvalue weighted by Gasteiger charge is -2.11. The minimum Gasteiger partial charge on any atom is -0.377 e. The predicted octanol–water partition coefficient (Wildman–Crippen LogP) is 5.17. The molecule has 3 nitrogen and oxygen atoms in total. The minimum atomic E-state index is 0.0475. The molecule has 0 atom stereocenters. The maximum atomic E-state index is 12.1. The first kappa shape index (κ1) is 19.8. The molecule has 0 spiro atoms. The van der Waals surface area contributed by atoms with Crippen molar-refractivity contribution in [2.45, 2.75) is 39.3 Å². The van der Waals surface area contributed by atoms with Crippen molar-refractivity contribution in [1.29, 1.82) is 0 Å². The van der Waals surface area contributed by atoms with Crippen LogP contribution in [0.4, 0.5) is 0 Å². The number of carbonyl (C=O) groups is 1. The normalized spacial score (nSPS) is 10.7. The third-order valence-corrected chi connectivity index (χ3v) is 4.65. The maximum absolute atomic E-state index is 12.1. The number of carbonyl (C=O) groups excluding carboxylic acids is 1. The van der Waals surface area contributed by atoms with E-state index in [9.17, 15) is 4.79 Å². The fourth-order valence-corrected chi connectivity index (χ4v) is 2.83. The van der Waals surface area contributed by atoms with Gasteiger partial charge in [0.05, 0.1) is 16.7 Å². The topological polar surface area (TPSA) is 38.3 Å². The number of ether oxygens (including phenoxy) is 1. The molecule has 0 aliphatic rings. The van der Waals surface area contributed by atoms with Crippen LogP contribution in [-0.4, -0.2) is 12.5 Å². The van der Waals surface area contributed by atoms with Crippen LogP contribution >= 0.6 is 23.2 Å². The van der Waals surface area contributed by atoms with Gasteiger partial charge in [-0.1, -0.05) is 53.5 Å². The molecule has 25 heavy (non-hydrogen) atoms. The summed E-state index contributed by atoms with van der Waals surface area (Å²) in [5.74, 6) is 0.0475. The molecule has 0 aromatic heterocycles. The largest absolute Gasteiger partial charge is 0.377 e. The van der Waals surface area contributed by atoms with Crippen LogP contribution in [0.25, 0.3) is 0 Å². The third-order valence-electron chi connectivity index (χ3n) is 3.91. The SMILES string of the molecule is CCOCc1ccccc1CNC(=O)CCCc1ccc(Cl)c(Cl)c1. The standard InChI is InChI=1S/C20H23Cl2NO2/c1-2-25-14-17-8-4-3-7-16(17)13-23-20(24)9-5-6-15-10-11-18(21)19(22)12-15/h3-4,7-8,10-12H,2,5-6,9,13-14H2,1H3,(H,23,24). The van der Waals surface area contributed by atoms with Gasteiger partial charge in [0.1, 0.15) is 0 Å². The summed E-state index contributed by atoms with van der Waals surface area (Å²) in [5.41, 5.74) is 3.29. The monoisotopic (exact) mass is 379 g/mol. The third kappa shape index (κ3) is 6.69. The summed E-state index contributed by atoms with van der Waals surface area (Å²) in [6.07, 6.45) is 2.05. The molecule has 1 amide bonds. The van der Waals surface area contributed by atoms with Gasteiger partial charge in [-0.25, -0.2) is 0 Å². The number of nitrogens with one attached hydrogen (secondary N) is 1. The van der Waals surface area contributed by atoms with Crippen LogP contribution in [0.2, 0.25) is 10.0 Å². The van der Waals surface area contributed by atoms with E-state index < -0.39 is 0 Å². The van der Waals surface area contributed by atoms with Crippen LogP contribution in [0.3, 0.4) is 0 Å². The fourth-order valence-electron chi connectivity index (χ4n) is 2.51. The van der Waals surface area contributed by atoms with E-state index in [4.69, 9.17) is 27.9 Å². The fraction of sp³-hybridized carbons (Fsp3) is 0.350. The molecule has 1 N–H and O–H groups in total. The van der Waals surface area contributed by atoms with Gasteiger partial charge >= 0.3 is 0 Å². The van der Waals surface area contributed by atoms with E-state index in [0.29, 0.717) is 36.2 Å². The molecule has 0 heterocycles. The Hall–Kier alpha value is -1.55. The molecule has 0 aliphatic heterocycles.